The molecule has 2 fully saturated rings. The van der Waals surface area contributed by atoms with E-state index in [4.69, 9.17) is 56.5 Å². The first-order valence-corrected chi connectivity index (χ1v) is 32.0. The summed E-state index contributed by atoms with van der Waals surface area (Å²) in [5, 5.41) is 1.78. The Morgan fingerprint density at radius 2 is 0.864 bits per heavy atom. The molecule has 88 heavy (non-hydrogen) atoms. The average Bonchev–Trinajstić information content (AvgIpc) is 1.59. The third kappa shape index (κ3) is 16.7. The first-order valence-electron chi connectivity index (χ1n) is 30.1. The summed E-state index contributed by atoms with van der Waals surface area (Å²) in [5.74, 6) is -2.51. The molecule has 2 aliphatic heterocycles. The molecule has 0 radical (unpaired) electrons. The van der Waals surface area contributed by atoms with Crippen LogP contribution < -0.4 is 10.4 Å². The summed E-state index contributed by atoms with van der Waals surface area (Å²) in [7, 11) is -1.94. The molecule has 8 aromatic carbocycles. The Labute approximate surface area is 519 Å². The number of methoxy groups -OCH3 is 1. The van der Waals surface area contributed by atoms with Crippen molar-refractivity contribution in [1.82, 2.24) is 0 Å². The van der Waals surface area contributed by atoms with Crippen LogP contribution in [-0.4, -0.2) is 96.2 Å². The van der Waals surface area contributed by atoms with Gasteiger partial charge in [0, 0.05) is 6.08 Å². The van der Waals surface area contributed by atoms with Crippen molar-refractivity contribution in [2.45, 2.75) is 120 Å². The molecule has 2 aliphatic rings. The van der Waals surface area contributed by atoms with Gasteiger partial charge in [-0.05, 0) is 54.9 Å². The van der Waals surface area contributed by atoms with Gasteiger partial charge >= 0.3 is 5.97 Å². The summed E-state index contributed by atoms with van der Waals surface area (Å²) >= 11 is 0. The molecule has 13 nitrogen and oxygen atoms in total. The van der Waals surface area contributed by atoms with Gasteiger partial charge in [0.25, 0.3) is 8.32 Å². The third-order valence-corrected chi connectivity index (χ3v) is 20.8. The van der Waals surface area contributed by atoms with Crippen LogP contribution in [0.1, 0.15) is 54.2 Å². The maximum atomic E-state index is 13.1. The van der Waals surface area contributed by atoms with Crippen LogP contribution in [0.5, 0.6) is 0 Å². The van der Waals surface area contributed by atoms with Gasteiger partial charge in [-0.2, -0.15) is 0 Å². The first-order chi connectivity index (χ1) is 43.1. The SMILES string of the molecule is COC(=O)/C=C/[C@H]1O[C@@](COCOCc2ccccc2)(O[C@H]2O[C@H](CO[Si](c3ccccc3)(c3ccccc3)C(C)(C)C)[C@@H](OCc3ccccc3)[C@H](OCc3ccccc3)[C@H]2OCc2ccccc2)[C@@H](OCc2ccccc2)[C@@H]1OCc1ccccc1. The topological polar surface area (TPSA) is 128 Å². The molecule has 0 spiro atoms. The molecule has 0 N–H and O–H groups in total. The van der Waals surface area contributed by atoms with E-state index in [1.165, 1.54) is 13.2 Å². The van der Waals surface area contributed by atoms with Crippen LogP contribution in [-0.2, 0) is 101 Å². The maximum Gasteiger partial charge on any atom is 0.330 e. The van der Waals surface area contributed by atoms with Gasteiger partial charge < -0.3 is 56.5 Å². The average molecular weight is 1210 g/mol. The van der Waals surface area contributed by atoms with E-state index in [2.05, 4.69) is 69.3 Å². The Kier molecular flexibility index (Phi) is 23.0. The van der Waals surface area contributed by atoms with E-state index in [9.17, 15) is 4.79 Å². The number of carbonyl (C=O) groups excluding carboxylic acids is 1. The molecule has 10 rings (SSSR count). The van der Waals surface area contributed by atoms with Crippen molar-refractivity contribution < 1.29 is 61.3 Å². The van der Waals surface area contributed by atoms with Crippen LogP contribution >= 0.6 is 0 Å². The molecule has 2 saturated heterocycles. The zero-order chi connectivity index (χ0) is 60.9. The molecule has 458 valence electrons. The van der Waals surface area contributed by atoms with Crippen LogP contribution in [0.25, 0.3) is 0 Å². The summed E-state index contributed by atoms with van der Waals surface area (Å²) in [4.78, 5) is 13.1. The Morgan fingerprint density at radius 1 is 0.477 bits per heavy atom. The van der Waals surface area contributed by atoms with Gasteiger partial charge in [0.2, 0.25) is 5.79 Å². The molecule has 0 saturated carbocycles. The molecule has 0 bridgehead atoms. The van der Waals surface area contributed by atoms with E-state index >= 15 is 0 Å². The normalized spacial score (nSPS) is 22.2. The lowest BCUT2D eigenvalue weighted by Gasteiger charge is -2.49. The summed E-state index contributed by atoms with van der Waals surface area (Å²) < 4.78 is 84.6. The molecule has 9 atom stereocenters. The molecule has 8 aromatic rings. The van der Waals surface area contributed by atoms with Crippen LogP contribution in [0.4, 0.5) is 0 Å². The fourth-order valence-corrected chi connectivity index (χ4v) is 16.0. The van der Waals surface area contributed by atoms with E-state index in [0.29, 0.717) is 0 Å². The minimum atomic E-state index is -3.26. The fraction of sp³-hybridized carbons (Fsp3) is 0.311. The van der Waals surface area contributed by atoms with E-state index in [0.717, 1.165) is 43.8 Å². The van der Waals surface area contributed by atoms with Crippen molar-refractivity contribution in [3.8, 4) is 0 Å². The van der Waals surface area contributed by atoms with Crippen LogP contribution in [0.15, 0.2) is 255 Å². The zero-order valence-electron chi connectivity index (χ0n) is 50.5. The molecule has 0 unspecified atom stereocenters. The van der Waals surface area contributed by atoms with Crippen molar-refractivity contribution in [3.05, 3.63) is 288 Å². The molecule has 0 amide bonds. The number of benzene rings is 8. The minimum Gasteiger partial charge on any atom is -0.466 e. The number of hydrogen-bond donors (Lipinski definition) is 0. The van der Waals surface area contributed by atoms with E-state index in [-0.39, 0.29) is 59.6 Å². The molecular formula is C74H80O13Si. The van der Waals surface area contributed by atoms with Crippen LogP contribution in [0, 0.1) is 0 Å². The van der Waals surface area contributed by atoms with E-state index in [1.54, 1.807) is 6.08 Å². The first kappa shape index (κ1) is 63.8. The number of rotatable bonds is 30. The Hall–Kier alpha value is -7.25. The number of hydrogen-bond acceptors (Lipinski definition) is 13. The Bertz CT molecular complexity index is 3270. The monoisotopic (exact) mass is 1200 g/mol. The molecule has 14 heteroatoms. The summed E-state index contributed by atoms with van der Waals surface area (Å²) in [6.45, 7) is 7.37. The van der Waals surface area contributed by atoms with Crippen LogP contribution in [0.2, 0.25) is 5.04 Å². The maximum absolute atomic E-state index is 13.1. The van der Waals surface area contributed by atoms with Crippen molar-refractivity contribution in [2.75, 3.05) is 27.1 Å². The lowest BCUT2D eigenvalue weighted by atomic mass is 9.97. The molecule has 2 heterocycles. The standard InChI is InChI=1S/C74H80O13Si/c1-73(2,3)88(62-41-25-11-26-42-62,63-43-27-12-28-44-63)84-53-65-67(79-48-57-31-15-6-16-32-57)69(81-50-59-35-19-8-20-36-59)70(82-51-60-37-21-9-22-38-60)72(85-65)87-74(54-78-55-77-47-56-29-13-5-14-30-56)71(83-52-61-39-23-10-24-40-61)68(64(86-74)45-46-66(75)76-4)80-49-58-33-17-7-18-34-58/h5-46,64-65,67-72H,47-55H2,1-4H3/b46-45+/t64-,65-,67-,68-,69+,70-,71+,72-,74+/m1/s1. The predicted octanol–water partition coefficient (Wildman–Crippen LogP) is 12.2. The van der Waals surface area contributed by atoms with Gasteiger partial charge in [-0.15, -0.1) is 0 Å². The highest BCUT2D eigenvalue weighted by Gasteiger charge is 2.62. The van der Waals surface area contributed by atoms with Gasteiger partial charge in [-0.25, -0.2) is 4.79 Å². The quantitative estimate of drug-likeness (QED) is 0.0139. The second kappa shape index (κ2) is 31.8. The molecule has 0 aromatic heterocycles. The van der Waals surface area contributed by atoms with Gasteiger partial charge in [0.15, 0.2) is 6.29 Å². The van der Waals surface area contributed by atoms with Crippen LogP contribution in [0.3, 0.4) is 0 Å². The predicted molar refractivity (Wildman–Crippen MR) is 339 cm³/mol. The van der Waals surface area contributed by atoms with Gasteiger partial charge in [0.1, 0.15) is 56.1 Å². The number of esters is 1. The summed E-state index contributed by atoms with van der Waals surface area (Å²) in [5.41, 5.74) is 5.53. The summed E-state index contributed by atoms with van der Waals surface area (Å²) in [6, 6.07) is 80.5. The van der Waals surface area contributed by atoms with Crippen molar-refractivity contribution in [1.29, 1.82) is 0 Å². The number of carbonyl (C=O) groups is 1. The van der Waals surface area contributed by atoms with Gasteiger partial charge in [-0.1, -0.05) is 263 Å². The Morgan fingerprint density at radius 3 is 1.30 bits per heavy atom. The smallest absolute Gasteiger partial charge is 0.330 e. The fourth-order valence-electron chi connectivity index (χ4n) is 11.5. The van der Waals surface area contributed by atoms with Crippen molar-refractivity contribution in [2.24, 2.45) is 0 Å². The van der Waals surface area contributed by atoms with E-state index in [1.807, 2.05) is 194 Å². The largest absolute Gasteiger partial charge is 0.466 e. The van der Waals surface area contributed by atoms with Gasteiger partial charge in [0.05, 0.1) is 53.4 Å². The Balaban J connectivity index is 1.13. The van der Waals surface area contributed by atoms with Crippen molar-refractivity contribution in [3.63, 3.8) is 0 Å². The second-order valence-electron chi connectivity index (χ2n) is 23.0. The third-order valence-electron chi connectivity index (χ3n) is 15.8. The van der Waals surface area contributed by atoms with Gasteiger partial charge in [-0.3, -0.25) is 0 Å². The highest BCUT2D eigenvalue weighted by Crippen LogP contribution is 2.44. The number of ether oxygens (including phenoxy) is 11. The lowest BCUT2D eigenvalue weighted by Crippen LogP contribution is -2.69. The second-order valence-corrected chi connectivity index (χ2v) is 27.3. The summed E-state index contributed by atoms with van der Waals surface area (Å²) in [6.07, 6.45) is -5.13. The van der Waals surface area contributed by atoms with E-state index < -0.39 is 74.1 Å². The highest BCUT2D eigenvalue weighted by atomic mass is 28.4. The molecular weight excluding hydrogens is 1120 g/mol. The van der Waals surface area contributed by atoms with Crippen molar-refractivity contribution >= 4 is 24.7 Å². The highest BCUT2D eigenvalue weighted by molar-refractivity contribution is 6.99. The minimum absolute atomic E-state index is 0.0299. The molecule has 0 aliphatic carbocycles. The lowest BCUT2D eigenvalue weighted by molar-refractivity contribution is -0.397. The zero-order valence-corrected chi connectivity index (χ0v) is 51.5.